The van der Waals surface area contributed by atoms with Crippen molar-refractivity contribution in [2.75, 3.05) is 6.61 Å². The zero-order valence-corrected chi connectivity index (χ0v) is 13.9. The molecule has 3 rings (SSSR count). The van der Waals surface area contributed by atoms with Gasteiger partial charge in [-0.1, -0.05) is 11.8 Å². The molecule has 0 saturated heterocycles. The maximum atomic E-state index is 12.2. The Morgan fingerprint density at radius 2 is 2.09 bits per heavy atom. The number of carbonyl (C=O) groups excluding carboxylic acids is 2. The highest BCUT2D eigenvalue weighted by Crippen LogP contribution is 2.29. The summed E-state index contributed by atoms with van der Waals surface area (Å²) in [4.78, 5) is 24.9. The molecule has 1 aliphatic heterocycles. The summed E-state index contributed by atoms with van der Waals surface area (Å²) >= 11 is 2.46. The molecule has 1 atom stereocenters. The summed E-state index contributed by atoms with van der Waals surface area (Å²) in [7, 11) is 0. The average molecular weight is 351 g/mol. The van der Waals surface area contributed by atoms with Crippen molar-refractivity contribution in [2.45, 2.75) is 23.2 Å². The van der Waals surface area contributed by atoms with Crippen LogP contribution in [0.1, 0.15) is 23.2 Å². The number of hydrogen-bond donors (Lipinski definition) is 3. The van der Waals surface area contributed by atoms with E-state index in [0.717, 1.165) is 29.7 Å². The quantitative estimate of drug-likeness (QED) is 0.531. The minimum atomic E-state index is -0.380. The van der Waals surface area contributed by atoms with Gasteiger partial charge in [0, 0.05) is 15.9 Å². The normalized spacial score (nSPS) is 19.7. The van der Waals surface area contributed by atoms with Crippen molar-refractivity contribution in [2.24, 2.45) is 11.1 Å². The molecule has 8 heteroatoms. The van der Waals surface area contributed by atoms with Crippen molar-refractivity contribution in [1.29, 1.82) is 0 Å². The number of thioether (sulfide) groups is 1. The lowest BCUT2D eigenvalue weighted by Gasteiger charge is -2.14. The number of amides is 1. The first-order valence-corrected chi connectivity index (χ1v) is 9.05. The number of benzene rings is 1. The summed E-state index contributed by atoms with van der Waals surface area (Å²) in [5.74, 6) is -0.0613. The molecule has 1 aromatic rings. The first kappa shape index (κ1) is 16.2. The Morgan fingerprint density at radius 1 is 1.35 bits per heavy atom. The molecular weight excluding hydrogens is 334 g/mol. The average Bonchev–Trinajstić information content (AvgIpc) is 3.30. The third kappa shape index (κ3) is 4.43. The lowest BCUT2D eigenvalue weighted by atomic mass is 10.2. The fourth-order valence-corrected chi connectivity index (χ4v) is 3.07. The molecule has 0 bridgehead atoms. The highest BCUT2D eigenvalue weighted by atomic mass is 32.2. The largest absolute Gasteiger partial charge is 0.461 e. The first-order chi connectivity index (χ1) is 11.2. The van der Waals surface area contributed by atoms with Crippen molar-refractivity contribution in [3.63, 3.8) is 0 Å². The van der Waals surface area contributed by atoms with Gasteiger partial charge < -0.3 is 15.4 Å². The molecule has 4 N–H and O–H groups in total. The molecule has 6 nitrogen and oxygen atoms in total. The molecule has 0 spiro atoms. The van der Waals surface area contributed by atoms with Gasteiger partial charge in [0.05, 0.1) is 6.61 Å². The van der Waals surface area contributed by atoms with Crippen molar-refractivity contribution in [3.8, 4) is 0 Å². The van der Waals surface area contributed by atoms with E-state index >= 15 is 0 Å². The Morgan fingerprint density at radius 3 is 2.74 bits per heavy atom. The molecule has 1 fully saturated rings. The van der Waals surface area contributed by atoms with Gasteiger partial charge in [-0.25, -0.2) is 4.79 Å². The smallest absolute Gasteiger partial charge is 0.355 e. The van der Waals surface area contributed by atoms with Crippen molar-refractivity contribution in [3.05, 3.63) is 40.9 Å². The van der Waals surface area contributed by atoms with Crippen LogP contribution in [0.15, 0.2) is 40.3 Å². The van der Waals surface area contributed by atoms with E-state index in [0.29, 0.717) is 23.8 Å². The lowest BCUT2D eigenvalue weighted by molar-refractivity contribution is -0.139. The molecule has 1 unspecified atom stereocenters. The highest BCUT2D eigenvalue weighted by Gasteiger charge is 2.27. The second kappa shape index (κ2) is 7.29. The number of hydrogen-bond acceptors (Lipinski definition) is 7. The van der Waals surface area contributed by atoms with Gasteiger partial charge in [-0.3, -0.25) is 9.93 Å². The highest BCUT2D eigenvalue weighted by molar-refractivity contribution is 8.03. The Balaban J connectivity index is 1.47. The number of carbonyl (C=O) groups is 2. The lowest BCUT2D eigenvalue weighted by Crippen LogP contribution is -2.41. The summed E-state index contributed by atoms with van der Waals surface area (Å²) in [6, 6.07) is 6.99. The van der Waals surface area contributed by atoms with Crippen LogP contribution >= 0.6 is 23.7 Å². The molecule has 0 radical (unpaired) electrons. The molecular formula is C15H17N3O3S2. The summed E-state index contributed by atoms with van der Waals surface area (Å²) < 4.78 is 5.20. The van der Waals surface area contributed by atoms with Crippen LogP contribution in [-0.4, -0.2) is 24.0 Å². The summed E-state index contributed by atoms with van der Waals surface area (Å²) in [5.41, 5.74) is 0.542. The summed E-state index contributed by atoms with van der Waals surface area (Å²) in [6.07, 6.45) is 2.27. The van der Waals surface area contributed by atoms with Gasteiger partial charge in [0.15, 0.2) is 5.50 Å². The minimum absolute atomic E-state index is 0.218. The third-order valence-corrected chi connectivity index (χ3v) is 4.91. The second-order valence-electron chi connectivity index (χ2n) is 5.35. The molecule has 23 heavy (non-hydrogen) atoms. The fraction of sp³-hybridized carbons (Fsp3) is 0.333. The van der Waals surface area contributed by atoms with E-state index < -0.39 is 0 Å². The standard InChI is InChI=1S/C15H17N3O3S2/c16-23-11-5-3-10(4-6-11)13(19)18-15-17-12(8-22-15)14(20)21-7-9-1-2-9/h3-6,8-9,15,17H,1-2,7,16H2,(H,18,19). The van der Waals surface area contributed by atoms with Crippen LogP contribution in [0.3, 0.4) is 0 Å². The first-order valence-electron chi connectivity index (χ1n) is 7.22. The fourth-order valence-electron chi connectivity index (χ4n) is 1.97. The van der Waals surface area contributed by atoms with Gasteiger partial charge in [-0.05, 0) is 55.0 Å². The zero-order valence-electron chi connectivity index (χ0n) is 12.3. The summed E-state index contributed by atoms with van der Waals surface area (Å²) in [5, 5.41) is 12.9. The molecule has 122 valence electrons. The van der Waals surface area contributed by atoms with E-state index in [1.807, 2.05) is 0 Å². The maximum absolute atomic E-state index is 12.2. The molecule has 0 aromatic heterocycles. The Hall–Kier alpha value is -1.64. The van der Waals surface area contributed by atoms with Gasteiger partial charge in [-0.15, -0.1) is 0 Å². The Kier molecular flexibility index (Phi) is 5.14. The number of rotatable bonds is 6. The topological polar surface area (TPSA) is 93.5 Å². The van der Waals surface area contributed by atoms with Crippen LogP contribution in [0.25, 0.3) is 0 Å². The zero-order chi connectivity index (χ0) is 16.2. The van der Waals surface area contributed by atoms with Crippen LogP contribution in [0.5, 0.6) is 0 Å². The van der Waals surface area contributed by atoms with E-state index in [1.54, 1.807) is 29.7 Å². The Labute approximate surface area is 142 Å². The second-order valence-corrected chi connectivity index (χ2v) is 7.04. The molecule has 2 aliphatic rings. The molecule has 1 aromatic carbocycles. The SMILES string of the molecule is NSc1ccc(C(=O)NC2NC(C(=O)OCC3CC3)=CS2)cc1. The van der Waals surface area contributed by atoms with E-state index in [9.17, 15) is 9.59 Å². The van der Waals surface area contributed by atoms with Gasteiger partial charge in [0.1, 0.15) is 5.70 Å². The van der Waals surface area contributed by atoms with Crippen LogP contribution in [-0.2, 0) is 9.53 Å². The van der Waals surface area contributed by atoms with Gasteiger partial charge in [-0.2, -0.15) is 0 Å². The van der Waals surface area contributed by atoms with E-state index in [2.05, 4.69) is 10.6 Å². The van der Waals surface area contributed by atoms with Crippen LogP contribution in [0.2, 0.25) is 0 Å². The Bertz CT molecular complexity index is 629. The number of nitrogens with two attached hydrogens (primary N) is 1. The number of ether oxygens (including phenoxy) is 1. The monoisotopic (exact) mass is 351 g/mol. The molecule has 1 aliphatic carbocycles. The van der Waals surface area contributed by atoms with Gasteiger partial charge in [0.25, 0.3) is 5.91 Å². The van der Waals surface area contributed by atoms with Crippen molar-refractivity contribution in [1.82, 2.24) is 10.6 Å². The van der Waals surface area contributed by atoms with E-state index in [1.165, 1.54) is 11.8 Å². The van der Waals surface area contributed by atoms with Gasteiger partial charge in [0.2, 0.25) is 0 Å². The number of esters is 1. The number of nitrogens with one attached hydrogen (secondary N) is 2. The molecule has 1 heterocycles. The predicted molar refractivity (Wildman–Crippen MR) is 90.2 cm³/mol. The van der Waals surface area contributed by atoms with Crippen molar-refractivity contribution >= 4 is 35.6 Å². The van der Waals surface area contributed by atoms with E-state index in [4.69, 9.17) is 9.88 Å². The van der Waals surface area contributed by atoms with E-state index in [-0.39, 0.29) is 17.4 Å². The third-order valence-electron chi connectivity index (χ3n) is 3.49. The van der Waals surface area contributed by atoms with Crippen LogP contribution in [0.4, 0.5) is 0 Å². The van der Waals surface area contributed by atoms with Crippen molar-refractivity contribution < 1.29 is 14.3 Å². The summed E-state index contributed by atoms with van der Waals surface area (Å²) in [6.45, 7) is 0.477. The van der Waals surface area contributed by atoms with Crippen LogP contribution in [0, 0.1) is 5.92 Å². The van der Waals surface area contributed by atoms with Gasteiger partial charge >= 0.3 is 5.97 Å². The maximum Gasteiger partial charge on any atom is 0.355 e. The molecule has 1 saturated carbocycles. The minimum Gasteiger partial charge on any atom is -0.461 e. The van der Waals surface area contributed by atoms with Crippen LogP contribution < -0.4 is 15.8 Å². The molecule has 1 amide bonds. The predicted octanol–water partition coefficient (Wildman–Crippen LogP) is 1.80.